The lowest BCUT2D eigenvalue weighted by Crippen LogP contribution is -2.52. The summed E-state index contributed by atoms with van der Waals surface area (Å²) in [6.45, 7) is 5.60. The van der Waals surface area contributed by atoms with Crippen molar-refractivity contribution in [2.24, 2.45) is 7.05 Å². The molecule has 0 saturated carbocycles. The highest BCUT2D eigenvalue weighted by atomic mass is 19.4. The molecule has 2 aliphatic heterocycles. The molecule has 282 valence electrons. The largest absolute Gasteiger partial charge is 0.490 e. The molecule has 12 nitrogen and oxygen atoms in total. The van der Waals surface area contributed by atoms with Crippen molar-refractivity contribution >= 4 is 17.9 Å². The predicted molar refractivity (Wildman–Crippen MR) is 158 cm³/mol. The van der Waals surface area contributed by atoms with E-state index in [-0.39, 0.29) is 11.0 Å². The highest BCUT2D eigenvalue weighted by Gasteiger charge is 2.45. The van der Waals surface area contributed by atoms with Crippen LogP contribution in [0.1, 0.15) is 35.2 Å². The van der Waals surface area contributed by atoms with E-state index < -0.39 is 36.4 Å². The van der Waals surface area contributed by atoms with Crippen molar-refractivity contribution in [1.82, 2.24) is 24.6 Å². The first-order valence-electron chi connectivity index (χ1n) is 14.5. The van der Waals surface area contributed by atoms with Gasteiger partial charge in [0.05, 0.1) is 5.56 Å². The maximum Gasteiger partial charge on any atom is 0.490 e. The van der Waals surface area contributed by atoms with E-state index in [0.717, 1.165) is 51.1 Å². The predicted octanol–water partition coefficient (Wildman–Crippen LogP) is 4.56. The fraction of sp³-hybridized carbons (Fsp3) is 0.433. The zero-order valence-electron chi connectivity index (χ0n) is 26.5. The molecule has 2 aromatic heterocycles. The summed E-state index contributed by atoms with van der Waals surface area (Å²) < 4.78 is 96.9. The number of alkyl halides is 9. The molecular formula is C30H32F9N5O7. The Balaban J connectivity index is 0.000000352. The number of H-pyrrole nitrogens is 1. The molecule has 0 atom stereocenters. The highest BCUT2D eigenvalue weighted by Crippen LogP contribution is 2.40. The number of piperidine rings is 1. The van der Waals surface area contributed by atoms with Gasteiger partial charge in [-0.25, -0.2) is 14.4 Å². The summed E-state index contributed by atoms with van der Waals surface area (Å²) in [7, 11) is 1.84. The van der Waals surface area contributed by atoms with Gasteiger partial charge in [-0.3, -0.25) is 29.4 Å². The quantitative estimate of drug-likeness (QED) is 0.278. The number of carbonyl (C=O) groups is 3. The summed E-state index contributed by atoms with van der Waals surface area (Å²) in [6, 6.07) is 14.8. The average Bonchev–Trinajstić information content (AvgIpc) is 3.32. The molecule has 51 heavy (non-hydrogen) atoms. The lowest BCUT2D eigenvalue weighted by molar-refractivity contribution is -0.193. The van der Waals surface area contributed by atoms with Crippen LogP contribution in [0, 0.1) is 0 Å². The zero-order valence-corrected chi connectivity index (χ0v) is 26.5. The smallest absolute Gasteiger partial charge is 0.475 e. The fourth-order valence-corrected chi connectivity index (χ4v) is 5.22. The summed E-state index contributed by atoms with van der Waals surface area (Å²) in [6.07, 6.45) is -9.38. The van der Waals surface area contributed by atoms with Crippen molar-refractivity contribution in [3.05, 3.63) is 87.6 Å². The number of aromatic amines is 1. The van der Waals surface area contributed by atoms with Gasteiger partial charge < -0.3 is 15.3 Å². The molecule has 0 aliphatic carbocycles. The number of hydrogen-bond donors (Lipinski definition) is 4. The standard InChI is InChI=1S/C24H29N5O.3C2HF3O2/c1-27-23(30)21-17-29(16-20-8-5-11-25-14-20)18-24(22(21)26-27)9-12-28(13-10-24)15-19-6-3-2-4-7-19;3*3-2(4,5)1(6)7/h2-8,11,14,26H,9-10,12-13,15-18H2,1H3;3*(H,6,7). The number of nitrogens with one attached hydrogen (secondary N) is 1. The second-order valence-electron chi connectivity index (χ2n) is 11.3. The first kappa shape index (κ1) is 42.2. The number of halogens is 9. The van der Waals surface area contributed by atoms with Crippen LogP contribution in [0.15, 0.2) is 59.7 Å². The lowest BCUT2D eigenvalue weighted by atomic mass is 9.72. The number of aliphatic carboxylic acids is 3. The number of carboxylic acids is 3. The molecule has 0 radical (unpaired) electrons. The van der Waals surface area contributed by atoms with Crippen molar-refractivity contribution in [2.75, 3.05) is 19.6 Å². The number of aromatic nitrogens is 3. The van der Waals surface area contributed by atoms with Gasteiger partial charge in [0.1, 0.15) is 0 Å². The second kappa shape index (κ2) is 17.3. The molecule has 1 spiro atoms. The van der Waals surface area contributed by atoms with E-state index in [0.29, 0.717) is 6.54 Å². The molecule has 2 aliphatic rings. The Bertz CT molecular complexity index is 1590. The van der Waals surface area contributed by atoms with Crippen LogP contribution in [0.5, 0.6) is 0 Å². The normalized spacial score (nSPS) is 15.9. The monoisotopic (exact) mass is 745 g/mol. The third-order valence-electron chi connectivity index (χ3n) is 7.50. The van der Waals surface area contributed by atoms with Crippen LogP contribution >= 0.6 is 0 Å². The third kappa shape index (κ3) is 13.0. The van der Waals surface area contributed by atoms with E-state index in [1.165, 1.54) is 16.8 Å². The number of aryl methyl sites for hydroxylation is 1. The van der Waals surface area contributed by atoms with Crippen LogP contribution in [0.4, 0.5) is 39.5 Å². The molecule has 1 saturated heterocycles. The Kier molecular flexibility index (Phi) is 14.4. The van der Waals surface area contributed by atoms with Crippen LogP contribution < -0.4 is 5.56 Å². The van der Waals surface area contributed by atoms with Gasteiger partial charge >= 0.3 is 36.4 Å². The summed E-state index contributed by atoms with van der Waals surface area (Å²) in [5.74, 6) is -8.27. The fourth-order valence-electron chi connectivity index (χ4n) is 5.22. The number of fused-ring (bicyclic) bond motifs is 2. The average molecular weight is 746 g/mol. The minimum absolute atomic E-state index is 0.0173. The number of hydrogen-bond acceptors (Lipinski definition) is 7. The molecule has 1 fully saturated rings. The van der Waals surface area contributed by atoms with E-state index in [1.54, 1.807) is 4.68 Å². The minimum Gasteiger partial charge on any atom is -0.475 e. The van der Waals surface area contributed by atoms with Gasteiger partial charge in [0.25, 0.3) is 5.56 Å². The second-order valence-corrected chi connectivity index (χ2v) is 11.3. The van der Waals surface area contributed by atoms with E-state index in [1.807, 2.05) is 25.5 Å². The highest BCUT2D eigenvalue weighted by molar-refractivity contribution is 5.73. The number of carboxylic acid groups (broad SMARTS) is 3. The van der Waals surface area contributed by atoms with Crippen molar-refractivity contribution in [3.63, 3.8) is 0 Å². The first-order valence-corrected chi connectivity index (χ1v) is 14.5. The van der Waals surface area contributed by atoms with Crippen molar-refractivity contribution in [1.29, 1.82) is 0 Å². The van der Waals surface area contributed by atoms with Gasteiger partial charge in [0.2, 0.25) is 0 Å². The Morgan fingerprint density at radius 1 is 0.765 bits per heavy atom. The summed E-state index contributed by atoms with van der Waals surface area (Å²) in [4.78, 5) is 48.8. The Hall–Kier alpha value is -4.92. The molecule has 21 heteroatoms. The number of rotatable bonds is 4. The van der Waals surface area contributed by atoms with Crippen LogP contribution in [-0.2, 0) is 46.5 Å². The molecule has 0 unspecified atom stereocenters. The van der Waals surface area contributed by atoms with Crippen LogP contribution in [0.3, 0.4) is 0 Å². The maximum atomic E-state index is 12.8. The molecule has 3 aromatic rings. The van der Waals surface area contributed by atoms with Gasteiger partial charge in [-0.1, -0.05) is 36.4 Å². The van der Waals surface area contributed by atoms with Gasteiger partial charge in [0.15, 0.2) is 0 Å². The summed E-state index contributed by atoms with van der Waals surface area (Å²) in [5, 5.41) is 24.8. The molecule has 4 heterocycles. The maximum absolute atomic E-state index is 12.8. The van der Waals surface area contributed by atoms with Gasteiger partial charge in [0, 0.05) is 56.7 Å². The van der Waals surface area contributed by atoms with Crippen LogP contribution in [-0.4, -0.2) is 96.0 Å². The number of pyridine rings is 1. The topological polar surface area (TPSA) is 169 Å². The molecule has 5 rings (SSSR count). The van der Waals surface area contributed by atoms with Crippen molar-refractivity contribution in [2.45, 2.75) is 56.4 Å². The van der Waals surface area contributed by atoms with E-state index in [4.69, 9.17) is 29.7 Å². The Morgan fingerprint density at radius 3 is 1.65 bits per heavy atom. The number of likely N-dealkylation sites (tertiary alicyclic amines) is 1. The van der Waals surface area contributed by atoms with Crippen LogP contribution in [0.2, 0.25) is 0 Å². The lowest BCUT2D eigenvalue weighted by Gasteiger charge is -2.47. The van der Waals surface area contributed by atoms with Gasteiger partial charge in [-0.05, 0) is 43.1 Å². The Labute approximate surface area is 282 Å². The van der Waals surface area contributed by atoms with Crippen molar-refractivity contribution < 1.29 is 69.2 Å². The third-order valence-corrected chi connectivity index (χ3v) is 7.50. The zero-order chi connectivity index (χ0) is 38.8. The SMILES string of the molecule is Cn1[nH]c2c(c1=O)CN(Cc1cccnc1)CC21CCN(Cc2ccccc2)CC1.O=C(O)C(F)(F)F.O=C(O)C(F)(F)F.O=C(O)C(F)(F)F. The molecule has 0 bridgehead atoms. The first-order chi connectivity index (χ1) is 23.5. The van der Waals surface area contributed by atoms with E-state index >= 15 is 0 Å². The Morgan fingerprint density at radius 2 is 1.22 bits per heavy atom. The molecule has 0 amide bonds. The van der Waals surface area contributed by atoms with Crippen molar-refractivity contribution in [3.8, 4) is 0 Å². The minimum atomic E-state index is -5.08. The summed E-state index contributed by atoms with van der Waals surface area (Å²) >= 11 is 0. The van der Waals surface area contributed by atoms with Gasteiger partial charge in [-0.2, -0.15) is 39.5 Å². The number of nitrogens with zero attached hydrogens (tertiary/aromatic N) is 4. The van der Waals surface area contributed by atoms with Crippen LogP contribution in [0.25, 0.3) is 0 Å². The summed E-state index contributed by atoms with van der Waals surface area (Å²) in [5.41, 5.74) is 4.82. The number of benzene rings is 1. The van der Waals surface area contributed by atoms with E-state index in [9.17, 15) is 44.3 Å². The van der Waals surface area contributed by atoms with Gasteiger partial charge in [-0.15, -0.1) is 0 Å². The molecule has 1 aromatic carbocycles. The molecular weight excluding hydrogens is 713 g/mol. The molecule has 4 N–H and O–H groups in total. The van der Waals surface area contributed by atoms with E-state index in [2.05, 4.69) is 56.3 Å².